The first-order valence-corrected chi connectivity index (χ1v) is 8.72. The standard InChI is InChI=1S/C20H18ClN3O2/c1-12-23-19(20(25)26-2)17-11-22-18(13-6-4-3-5-7-13)15-10-14(21)8-9-16(15)24(12)17/h3-10,18,22H,11H2,1-2H3. The van der Waals surface area contributed by atoms with Gasteiger partial charge in [0.1, 0.15) is 5.82 Å². The summed E-state index contributed by atoms with van der Waals surface area (Å²) < 4.78 is 6.92. The summed E-state index contributed by atoms with van der Waals surface area (Å²) in [6, 6.07) is 15.9. The molecule has 0 amide bonds. The fraction of sp³-hybridized carbons (Fsp3) is 0.200. The Bertz CT molecular complexity index is 982. The van der Waals surface area contributed by atoms with Gasteiger partial charge in [-0.2, -0.15) is 0 Å². The Morgan fingerprint density at radius 2 is 2.04 bits per heavy atom. The van der Waals surface area contributed by atoms with E-state index in [1.807, 2.05) is 47.9 Å². The number of carbonyl (C=O) groups excluding carboxylic acids is 1. The molecule has 0 fully saturated rings. The monoisotopic (exact) mass is 367 g/mol. The van der Waals surface area contributed by atoms with Crippen molar-refractivity contribution in [1.82, 2.24) is 14.9 Å². The van der Waals surface area contributed by atoms with Gasteiger partial charge in [0.05, 0.1) is 24.5 Å². The van der Waals surface area contributed by atoms with Gasteiger partial charge in [-0.15, -0.1) is 0 Å². The molecule has 1 unspecified atom stereocenters. The molecule has 0 aliphatic carbocycles. The highest BCUT2D eigenvalue weighted by atomic mass is 35.5. The predicted octanol–water partition coefficient (Wildman–Crippen LogP) is 3.81. The third-order valence-corrected chi connectivity index (χ3v) is 4.90. The number of hydrogen-bond acceptors (Lipinski definition) is 4. The first-order chi connectivity index (χ1) is 12.6. The fourth-order valence-corrected chi connectivity index (χ4v) is 3.71. The molecule has 0 saturated heterocycles. The Hall–Kier alpha value is -2.63. The second kappa shape index (κ2) is 6.59. The van der Waals surface area contributed by atoms with E-state index in [-0.39, 0.29) is 6.04 Å². The Morgan fingerprint density at radius 1 is 1.27 bits per heavy atom. The maximum atomic E-state index is 12.2. The first kappa shape index (κ1) is 16.8. The number of nitrogens with zero attached hydrogens (tertiary/aromatic N) is 2. The molecule has 2 aromatic carbocycles. The lowest BCUT2D eigenvalue weighted by atomic mass is 9.97. The van der Waals surface area contributed by atoms with Crippen LogP contribution in [0.25, 0.3) is 5.69 Å². The number of halogens is 1. The number of ether oxygens (including phenoxy) is 1. The van der Waals surface area contributed by atoms with Crippen molar-refractivity contribution < 1.29 is 9.53 Å². The van der Waals surface area contributed by atoms with E-state index in [1.54, 1.807) is 0 Å². The molecular weight excluding hydrogens is 350 g/mol. The zero-order valence-corrected chi connectivity index (χ0v) is 15.2. The molecular formula is C20H18ClN3O2. The van der Waals surface area contributed by atoms with Crippen LogP contribution in [-0.2, 0) is 11.3 Å². The minimum absolute atomic E-state index is 0.0466. The van der Waals surface area contributed by atoms with Crippen LogP contribution in [-0.4, -0.2) is 22.6 Å². The molecule has 0 bridgehead atoms. The number of rotatable bonds is 2. The summed E-state index contributed by atoms with van der Waals surface area (Å²) in [6.45, 7) is 2.37. The van der Waals surface area contributed by atoms with Gasteiger partial charge in [0.25, 0.3) is 0 Å². The Labute approximate surface area is 156 Å². The minimum Gasteiger partial charge on any atom is -0.464 e. The average molecular weight is 368 g/mol. The van der Waals surface area contributed by atoms with Crippen molar-refractivity contribution in [2.45, 2.75) is 19.5 Å². The second-order valence-electron chi connectivity index (χ2n) is 6.21. The Balaban J connectivity index is 1.95. The lowest BCUT2D eigenvalue weighted by Crippen LogP contribution is -2.22. The van der Waals surface area contributed by atoms with Crippen molar-refractivity contribution in [3.63, 3.8) is 0 Å². The Morgan fingerprint density at radius 3 is 2.77 bits per heavy atom. The highest BCUT2D eigenvalue weighted by Crippen LogP contribution is 2.35. The van der Waals surface area contributed by atoms with Gasteiger partial charge in [-0.1, -0.05) is 41.9 Å². The summed E-state index contributed by atoms with van der Waals surface area (Å²) in [5.41, 5.74) is 4.26. The Kier molecular flexibility index (Phi) is 4.26. The molecule has 5 nitrogen and oxygen atoms in total. The number of hydrogen-bond donors (Lipinski definition) is 1. The summed E-state index contributed by atoms with van der Waals surface area (Å²) >= 11 is 6.30. The molecule has 0 saturated carbocycles. The summed E-state index contributed by atoms with van der Waals surface area (Å²) in [7, 11) is 1.37. The third kappa shape index (κ3) is 2.69. The summed E-state index contributed by atoms with van der Waals surface area (Å²) in [5.74, 6) is 0.303. The maximum Gasteiger partial charge on any atom is 0.358 e. The van der Waals surface area contributed by atoms with Crippen molar-refractivity contribution in [2.24, 2.45) is 0 Å². The molecule has 6 heteroatoms. The van der Waals surface area contributed by atoms with Crippen LogP contribution >= 0.6 is 11.6 Å². The molecule has 1 aliphatic rings. The second-order valence-corrected chi connectivity index (χ2v) is 6.65. The molecule has 1 N–H and O–H groups in total. The minimum atomic E-state index is -0.433. The maximum absolute atomic E-state index is 12.2. The van der Waals surface area contributed by atoms with Gasteiger partial charge >= 0.3 is 5.97 Å². The van der Waals surface area contributed by atoms with E-state index in [0.717, 1.165) is 28.3 Å². The van der Waals surface area contributed by atoms with E-state index in [0.29, 0.717) is 17.3 Å². The van der Waals surface area contributed by atoms with Gasteiger partial charge in [0, 0.05) is 11.6 Å². The van der Waals surface area contributed by atoms with E-state index in [4.69, 9.17) is 16.3 Å². The van der Waals surface area contributed by atoms with Crippen LogP contribution in [0.1, 0.15) is 39.2 Å². The van der Waals surface area contributed by atoms with Gasteiger partial charge in [-0.05, 0) is 36.2 Å². The highest BCUT2D eigenvalue weighted by Gasteiger charge is 2.29. The smallest absolute Gasteiger partial charge is 0.358 e. The van der Waals surface area contributed by atoms with Crippen molar-refractivity contribution in [2.75, 3.05) is 7.11 Å². The zero-order valence-electron chi connectivity index (χ0n) is 14.5. The first-order valence-electron chi connectivity index (χ1n) is 8.35. The molecule has 1 atom stereocenters. The van der Waals surface area contributed by atoms with Crippen molar-refractivity contribution in [1.29, 1.82) is 0 Å². The number of esters is 1. The quantitative estimate of drug-likeness (QED) is 0.700. The predicted molar refractivity (Wildman–Crippen MR) is 99.8 cm³/mol. The third-order valence-electron chi connectivity index (χ3n) is 4.67. The SMILES string of the molecule is COC(=O)c1nc(C)n2c1CNC(c1ccccc1)c1cc(Cl)ccc1-2. The topological polar surface area (TPSA) is 56.1 Å². The molecule has 1 aromatic heterocycles. The van der Waals surface area contributed by atoms with Gasteiger partial charge in [0.15, 0.2) is 5.69 Å². The molecule has 0 spiro atoms. The molecule has 1 aliphatic heterocycles. The number of aromatic nitrogens is 2. The van der Waals surface area contributed by atoms with E-state index in [9.17, 15) is 4.79 Å². The average Bonchev–Trinajstić information content (AvgIpc) is 2.89. The number of fused-ring (bicyclic) bond motifs is 3. The number of aryl methyl sites for hydroxylation is 1. The number of carbonyl (C=O) groups is 1. The largest absolute Gasteiger partial charge is 0.464 e. The van der Waals surface area contributed by atoms with Crippen LogP contribution in [0.4, 0.5) is 0 Å². The van der Waals surface area contributed by atoms with Crippen LogP contribution in [0, 0.1) is 6.92 Å². The van der Waals surface area contributed by atoms with Crippen LogP contribution in [0.5, 0.6) is 0 Å². The van der Waals surface area contributed by atoms with Crippen LogP contribution < -0.4 is 5.32 Å². The number of benzene rings is 2. The summed E-state index contributed by atoms with van der Waals surface area (Å²) in [6.07, 6.45) is 0. The summed E-state index contributed by atoms with van der Waals surface area (Å²) in [4.78, 5) is 16.6. The number of nitrogens with one attached hydrogen (secondary N) is 1. The molecule has 0 radical (unpaired) electrons. The fourth-order valence-electron chi connectivity index (χ4n) is 3.53. The van der Waals surface area contributed by atoms with Crippen LogP contribution in [0.2, 0.25) is 5.02 Å². The van der Waals surface area contributed by atoms with Crippen molar-refractivity contribution in [3.8, 4) is 5.69 Å². The van der Waals surface area contributed by atoms with E-state index < -0.39 is 5.97 Å². The highest BCUT2D eigenvalue weighted by molar-refractivity contribution is 6.30. The van der Waals surface area contributed by atoms with Gasteiger partial charge in [0.2, 0.25) is 0 Å². The summed E-state index contributed by atoms with van der Waals surface area (Å²) in [5, 5.41) is 4.21. The lowest BCUT2D eigenvalue weighted by molar-refractivity contribution is 0.0593. The number of imidazole rings is 1. The number of methoxy groups -OCH3 is 1. The van der Waals surface area contributed by atoms with Gasteiger partial charge in [-0.3, -0.25) is 4.57 Å². The van der Waals surface area contributed by atoms with E-state index in [2.05, 4.69) is 22.4 Å². The van der Waals surface area contributed by atoms with E-state index in [1.165, 1.54) is 7.11 Å². The van der Waals surface area contributed by atoms with Crippen molar-refractivity contribution >= 4 is 17.6 Å². The normalized spacial score (nSPS) is 15.7. The van der Waals surface area contributed by atoms with Crippen LogP contribution in [0.15, 0.2) is 48.5 Å². The molecule has 4 rings (SSSR count). The molecule has 132 valence electrons. The van der Waals surface area contributed by atoms with Crippen LogP contribution in [0.3, 0.4) is 0 Å². The molecule has 3 aromatic rings. The zero-order chi connectivity index (χ0) is 18.3. The van der Waals surface area contributed by atoms with Gasteiger partial charge < -0.3 is 10.1 Å². The van der Waals surface area contributed by atoms with Crippen molar-refractivity contribution in [3.05, 3.63) is 81.9 Å². The molecule has 26 heavy (non-hydrogen) atoms. The van der Waals surface area contributed by atoms with Gasteiger partial charge in [-0.25, -0.2) is 9.78 Å². The lowest BCUT2D eigenvalue weighted by Gasteiger charge is -2.20. The molecule has 2 heterocycles. The van der Waals surface area contributed by atoms with E-state index >= 15 is 0 Å².